The molecule has 0 atom stereocenters. The van der Waals surface area contributed by atoms with Crippen LogP contribution in [0.15, 0.2) is 34.0 Å². The van der Waals surface area contributed by atoms with Gasteiger partial charge in [0.15, 0.2) is 0 Å². The Morgan fingerprint density at radius 1 is 1.23 bits per heavy atom. The Hall–Kier alpha value is -2.40. The molecular formula is C17H18N2O3. The van der Waals surface area contributed by atoms with Gasteiger partial charge < -0.3 is 15.4 Å². The lowest BCUT2D eigenvalue weighted by atomic mass is 10.1. The summed E-state index contributed by atoms with van der Waals surface area (Å²) in [4.78, 5) is 25.9. The van der Waals surface area contributed by atoms with E-state index in [1.165, 1.54) is 5.56 Å². The van der Waals surface area contributed by atoms with Crippen LogP contribution in [0, 0.1) is 6.92 Å². The third-order valence-electron chi connectivity index (χ3n) is 4.05. The van der Waals surface area contributed by atoms with Crippen LogP contribution in [-0.4, -0.2) is 16.7 Å². The summed E-state index contributed by atoms with van der Waals surface area (Å²) in [5.41, 5.74) is 3.40. The second kappa shape index (κ2) is 5.77. The van der Waals surface area contributed by atoms with Crippen LogP contribution in [0.1, 0.15) is 23.1 Å². The van der Waals surface area contributed by atoms with Gasteiger partial charge in [0.1, 0.15) is 0 Å². The molecule has 0 aliphatic carbocycles. The highest BCUT2D eigenvalue weighted by Gasteiger charge is 2.16. The summed E-state index contributed by atoms with van der Waals surface area (Å²) in [6.45, 7) is 2.35. The van der Waals surface area contributed by atoms with Crippen molar-refractivity contribution in [2.75, 3.05) is 11.9 Å². The van der Waals surface area contributed by atoms with Crippen molar-refractivity contribution in [3.8, 4) is 0 Å². The number of aliphatic hydroxyl groups excluding tert-OH is 1. The second-order valence-electron chi connectivity index (χ2n) is 5.53. The van der Waals surface area contributed by atoms with Gasteiger partial charge in [-0.25, -0.2) is 0 Å². The number of hydrogen-bond donors (Lipinski definition) is 3. The van der Waals surface area contributed by atoms with E-state index in [-0.39, 0.29) is 6.61 Å². The van der Waals surface area contributed by atoms with Crippen molar-refractivity contribution in [1.29, 1.82) is 0 Å². The minimum absolute atomic E-state index is 0.178. The molecule has 3 N–H and O–H groups in total. The maximum absolute atomic E-state index is 11.4. The standard InChI is InChI=1S/C17H18N2O3/c1-10-15(17(22)16(10)21)19-8-11-4-5-14-13(7-11)12(9-18-14)3-2-6-20/h4-5,7,9,18-20H,2-3,6,8H2,1H3. The SMILES string of the molecule is Cc1c(NCc2ccc3[nH]cc(CCCO)c3c2)c(=O)c1=O. The zero-order chi connectivity index (χ0) is 15.7. The van der Waals surface area contributed by atoms with Crippen molar-refractivity contribution in [2.45, 2.75) is 26.3 Å². The van der Waals surface area contributed by atoms with Crippen LogP contribution < -0.4 is 16.2 Å². The molecule has 22 heavy (non-hydrogen) atoms. The van der Waals surface area contributed by atoms with Crippen LogP contribution in [0.5, 0.6) is 0 Å². The van der Waals surface area contributed by atoms with Crippen LogP contribution in [0.3, 0.4) is 0 Å². The van der Waals surface area contributed by atoms with Gasteiger partial charge in [0, 0.05) is 35.8 Å². The molecule has 1 aromatic heterocycles. The molecule has 2 aromatic carbocycles. The minimum atomic E-state index is -0.427. The first-order valence-electron chi connectivity index (χ1n) is 7.35. The summed E-state index contributed by atoms with van der Waals surface area (Å²) in [5.74, 6) is 0. The van der Waals surface area contributed by atoms with E-state index in [0.717, 1.165) is 29.3 Å². The topological polar surface area (TPSA) is 82.2 Å². The van der Waals surface area contributed by atoms with Gasteiger partial charge in [-0.15, -0.1) is 0 Å². The van der Waals surface area contributed by atoms with E-state index in [2.05, 4.69) is 16.4 Å². The highest BCUT2D eigenvalue weighted by atomic mass is 16.3. The molecule has 0 aliphatic rings. The van der Waals surface area contributed by atoms with Crippen LogP contribution in [0.4, 0.5) is 5.69 Å². The average Bonchev–Trinajstić information content (AvgIpc) is 2.94. The van der Waals surface area contributed by atoms with Gasteiger partial charge in [0.05, 0.1) is 5.69 Å². The third-order valence-corrected chi connectivity index (χ3v) is 4.05. The van der Waals surface area contributed by atoms with Crippen molar-refractivity contribution >= 4 is 16.6 Å². The largest absolute Gasteiger partial charge is 0.396 e. The second-order valence-corrected chi connectivity index (χ2v) is 5.53. The van der Waals surface area contributed by atoms with Crippen LogP contribution in [0.25, 0.3) is 10.9 Å². The fraction of sp³-hybridized carbons (Fsp3) is 0.294. The van der Waals surface area contributed by atoms with Crippen molar-refractivity contribution in [3.63, 3.8) is 0 Å². The lowest BCUT2D eigenvalue weighted by molar-refractivity contribution is 0.289. The summed E-state index contributed by atoms with van der Waals surface area (Å²) >= 11 is 0. The number of aromatic nitrogens is 1. The highest BCUT2D eigenvalue weighted by molar-refractivity contribution is 5.84. The Kier molecular flexibility index (Phi) is 3.81. The number of benzene rings is 1. The molecule has 3 rings (SSSR count). The zero-order valence-electron chi connectivity index (χ0n) is 12.4. The lowest BCUT2D eigenvalue weighted by Gasteiger charge is -2.10. The number of H-pyrrole nitrogens is 1. The number of aromatic amines is 1. The van der Waals surface area contributed by atoms with E-state index in [1.54, 1.807) is 6.92 Å². The van der Waals surface area contributed by atoms with Crippen LogP contribution in [-0.2, 0) is 13.0 Å². The molecule has 1 heterocycles. The Bertz CT molecular complexity index is 885. The smallest absolute Gasteiger partial charge is 0.249 e. The maximum atomic E-state index is 11.4. The van der Waals surface area contributed by atoms with Crippen LogP contribution >= 0.6 is 0 Å². The molecule has 3 aromatic rings. The molecule has 5 nitrogen and oxygen atoms in total. The zero-order valence-corrected chi connectivity index (χ0v) is 12.4. The predicted octanol–water partition coefficient (Wildman–Crippen LogP) is 1.61. The summed E-state index contributed by atoms with van der Waals surface area (Å²) in [6, 6.07) is 6.07. The monoisotopic (exact) mass is 298 g/mol. The number of fused-ring (bicyclic) bond motifs is 1. The first-order chi connectivity index (χ1) is 10.6. The maximum Gasteiger partial charge on any atom is 0.249 e. The Morgan fingerprint density at radius 3 is 2.77 bits per heavy atom. The van der Waals surface area contributed by atoms with Gasteiger partial charge in [0.25, 0.3) is 0 Å². The summed E-state index contributed by atoms with van der Waals surface area (Å²) < 4.78 is 0. The lowest BCUT2D eigenvalue weighted by Crippen LogP contribution is -2.36. The highest BCUT2D eigenvalue weighted by Crippen LogP contribution is 2.21. The van der Waals surface area contributed by atoms with Crippen LogP contribution in [0.2, 0.25) is 0 Å². The molecular weight excluding hydrogens is 280 g/mol. The van der Waals surface area contributed by atoms with Gasteiger partial charge in [-0.3, -0.25) is 9.59 Å². The van der Waals surface area contributed by atoms with Gasteiger partial charge >= 0.3 is 0 Å². The minimum Gasteiger partial charge on any atom is -0.396 e. The molecule has 0 saturated carbocycles. The molecule has 0 bridgehead atoms. The quantitative estimate of drug-likeness (QED) is 0.604. The van der Waals surface area contributed by atoms with E-state index in [1.807, 2.05) is 18.3 Å². The molecule has 114 valence electrons. The molecule has 5 heteroatoms. The first-order valence-corrected chi connectivity index (χ1v) is 7.35. The van der Waals surface area contributed by atoms with E-state index < -0.39 is 10.9 Å². The molecule has 0 unspecified atom stereocenters. The molecule has 0 fully saturated rings. The van der Waals surface area contributed by atoms with E-state index in [0.29, 0.717) is 17.8 Å². The summed E-state index contributed by atoms with van der Waals surface area (Å²) in [7, 11) is 0. The fourth-order valence-electron chi connectivity index (χ4n) is 2.72. The van der Waals surface area contributed by atoms with Crippen molar-refractivity contribution in [3.05, 3.63) is 61.5 Å². The predicted molar refractivity (Wildman–Crippen MR) is 87.1 cm³/mol. The normalized spacial score (nSPS) is 11.4. The summed E-state index contributed by atoms with van der Waals surface area (Å²) in [6.07, 6.45) is 3.53. The molecule has 0 radical (unpaired) electrons. The number of rotatable bonds is 6. The fourth-order valence-corrected chi connectivity index (χ4v) is 2.72. The molecule has 0 aliphatic heterocycles. The molecule has 0 amide bonds. The summed E-state index contributed by atoms with van der Waals surface area (Å²) in [5, 5.41) is 13.1. The van der Waals surface area contributed by atoms with Crippen molar-refractivity contribution in [1.82, 2.24) is 4.98 Å². The first kappa shape index (κ1) is 14.5. The number of aryl methyl sites for hydroxylation is 1. The van der Waals surface area contributed by atoms with Gasteiger partial charge in [0.2, 0.25) is 10.9 Å². The van der Waals surface area contributed by atoms with Gasteiger partial charge in [-0.05, 0) is 43.0 Å². The number of nitrogens with one attached hydrogen (secondary N) is 2. The van der Waals surface area contributed by atoms with Crippen molar-refractivity contribution < 1.29 is 5.11 Å². The number of hydrogen-bond acceptors (Lipinski definition) is 4. The van der Waals surface area contributed by atoms with E-state index in [4.69, 9.17) is 5.11 Å². The van der Waals surface area contributed by atoms with Crippen molar-refractivity contribution in [2.24, 2.45) is 0 Å². The van der Waals surface area contributed by atoms with Gasteiger partial charge in [-0.1, -0.05) is 6.07 Å². The third kappa shape index (κ3) is 2.44. The average molecular weight is 298 g/mol. The van der Waals surface area contributed by atoms with E-state index in [9.17, 15) is 9.59 Å². The number of aliphatic hydroxyl groups is 1. The van der Waals surface area contributed by atoms with Gasteiger partial charge in [-0.2, -0.15) is 0 Å². The Labute approximate surface area is 127 Å². The molecule has 0 saturated heterocycles. The Balaban J connectivity index is 1.79. The number of anilines is 1. The van der Waals surface area contributed by atoms with E-state index >= 15 is 0 Å². The Morgan fingerprint density at radius 2 is 2.05 bits per heavy atom. The molecule has 0 spiro atoms.